The Bertz CT molecular complexity index is 687. The van der Waals surface area contributed by atoms with E-state index in [1.54, 1.807) is 6.92 Å². The van der Waals surface area contributed by atoms with Gasteiger partial charge in [0.05, 0.1) is 12.8 Å². The second-order valence-corrected chi connectivity index (χ2v) is 4.25. The van der Waals surface area contributed by atoms with Crippen molar-refractivity contribution in [2.75, 3.05) is 13.2 Å². The summed E-state index contributed by atoms with van der Waals surface area (Å²) >= 11 is 0. The van der Waals surface area contributed by atoms with Crippen molar-refractivity contribution in [3.05, 3.63) is 33.4 Å². The Labute approximate surface area is 115 Å². The summed E-state index contributed by atoms with van der Waals surface area (Å²) in [5, 5.41) is 13.0. The molecule has 0 unspecified atom stereocenters. The van der Waals surface area contributed by atoms with Crippen LogP contribution in [0.3, 0.4) is 0 Å². The molecule has 7 heteroatoms. The molecule has 2 N–H and O–H groups in total. The fraction of sp³-hybridized carbons (Fsp3) is 0.462. The maximum absolute atomic E-state index is 12.3. The molecule has 0 aliphatic heterocycles. The van der Waals surface area contributed by atoms with Crippen molar-refractivity contribution in [2.45, 2.75) is 26.7 Å². The minimum atomic E-state index is -0.518. The highest BCUT2D eigenvalue weighted by Gasteiger charge is 2.19. The number of aliphatic hydroxyl groups excluding tert-OH is 1. The van der Waals surface area contributed by atoms with Crippen LogP contribution in [0, 0.1) is 0 Å². The van der Waals surface area contributed by atoms with Gasteiger partial charge in [-0.2, -0.15) is 9.61 Å². The number of carbonyl (C=O) groups is 1. The number of nitrogens with zero attached hydrogens (tertiary/aromatic N) is 2. The summed E-state index contributed by atoms with van der Waals surface area (Å²) in [6.07, 6.45) is 2.16. The number of hydrogen-bond acceptors (Lipinski definition) is 5. The van der Waals surface area contributed by atoms with E-state index in [2.05, 4.69) is 10.1 Å². The number of ether oxygens (including phenoxy) is 1. The van der Waals surface area contributed by atoms with E-state index >= 15 is 0 Å². The number of aromatic nitrogens is 3. The van der Waals surface area contributed by atoms with Crippen LogP contribution in [0.25, 0.3) is 5.65 Å². The smallest absolute Gasteiger partial charge is 0.343 e. The van der Waals surface area contributed by atoms with E-state index in [1.165, 1.54) is 6.20 Å². The molecule has 0 fully saturated rings. The Balaban J connectivity index is 2.66. The average molecular weight is 279 g/mol. The van der Waals surface area contributed by atoms with Gasteiger partial charge in [0.15, 0.2) is 5.65 Å². The van der Waals surface area contributed by atoms with Crippen molar-refractivity contribution in [3.63, 3.8) is 0 Å². The number of aromatic amines is 1. The van der Waals surface area contributed by atoms with Crippen molar-refractivity contribution in [1.82, 2.24) is 14.6 Å². The van der Waals surface area contributed by atoms with Gasteiger partial charge in [-0.15, -0.1) is 0 Å². The summed E-state index contributed by atoms with van der Waals surface area (Å²) in [6.45, 7) is 3.74. The fourth-order valence-electron chi connectivity index (χ4n) is 2.13. The number of carbonyl (C=O) groups excluding carboxylic acids is 1. The maximum atomic E-state index is 12.3. The zero-order chi connectivity index (χ0) is 14.7. The Morgan fingerprint density at radius 2 is 2.25 bits per heavy atom. The van der Waals surface area contributed by atoms with Crippen molar-refractivity contribution in [3.8, 4) is 0 Å². The maximum Gasteiger partial charge on any atom is 0.343 e. The third-order valence-electron chi connectivity index (χ3n) is 3.06. The normalized spacial score (nSPS) is 10.9. The van der Waals surface area contributed by atoms with E-state index in [0.29, 0.717) is 23.3 Å². The predicted molar refractivity (Wildman–Crippen MR) is 71.9 cm³/mol. The summed E-state index contributed by atoms with van der Waals surface area (Å²) in [5.74, 6) is -0.518. The lowest BCUT2D eigenvalue weighted by Gasteiger charge is -2.08. The van der Waals surface area contributed by atoms with Crippen molar-refractivity contribution in [1.29, 1.82) is 0 Å². The van der Waals surface area contributed by atoms with Gasteiger partial charge in [0.25, 0.3) is 5.56 Å². The minimum absolute atomic E-state index is 0.117. The molecule has 0 saturated carbocycles. The first-order valence-electron chi connectivity index (χ1n) is 6.53. The van der Waals surface area contributed by atoms with Crippen LogP contribution in [0.15, 0.2) is 11.0 Å². The quantitative estimate of drug-likeness (QED) is 0.767. The van der Waals surface area contributed by atoms with Crippen molar-refractivity contribution >= 4 is 11.6 Å². The van der Waals surface area contributed by atoms with E-state index in [9.17, 15) is 9.59 Å². The van der Waals surface area contributed by atoms with E-state index in [4.69, 9.17) is 9.84 Å². The largest absolute Gasteiger partial charge is 0.462 e. The molecule has 20 heavy (non-hydrogen) atoms. The van der Waals surface area contributed by atoms with Crippen LogP contribution in [0.2, 0.25) is 0 Å². The summed E-state index contributed by atoms with van der Waals surface area (Å²) in [4.78, 5) is 27.2. The molecule has 0 amide bonds. The van der Waals surface area contributed by atoms with Crippen LogP contribution >= 0.6 is 0 Å². The molecule has 0 atom stereocenters. The van der Waals surface area contributed by atoms with Gasteiger partial charge in [0.2, 0.25) is 0 Å². The van der Waals surface area contributed by atoms with Gasteiger partial charge in [-0.25, -0.2) is 4.79 Å². The second-order valence-electron chi connectivity index (χ2n) is 4.25. The fourth-order valence-corrected chi connectivity index (χ4v) is 2.13. The first-order chi connectivity index (χ1) is 9.63. The standard InChI is InChI=1S/C13H17N3O4/c1-3-10-8(5-6-17)12(18)16-11(15-10)9(7-14-16)13(19)20-4-2/h7,15,17H,3-6H2,1-2H3. The molecule has 0 aromatic carbocycles. The molecular weight excluding hydrogens is 262 g/mol. The van der Waals surface area contributed by atoms with Gasteiger partial charge in [0, 0.05) is 24.3 Å². The lowest BCUT2D eigenvalue weighted by molar-refractivity contribution is 0.0528. The van der Waals surface area contributed by atoms with Gasteiger partial charge in [0.1, 0.15) is 5.56 Å². The third-order valence-corrected chi connectivity index (χ3v) is 3.06. The summed E-state index contributed by atoms with van der Waals surface area (Å²) < 4.78 is 6.07. The average Bonchev–Trinajstić information content (AvgIpc) is 2.86. The Kier molecular flexibility index (Phi) is 4.19. The number of nitrogens with one attached hydrogen (secondary N) is 1. The number of fused-ring (bicyclic) bond motifs is 1. The molecule has 7 nitrogen and oxygen atoms in total. The zero-order valence-corrected chi connectivity index (χ0v) is 11.5. The number of aliphatic hydroxyl groups is 1. The number of rotatable bonds is 5. The highest BCUT2D eigenvalue weighted by molar-refractivity contribution is 5.95. The minimum Gasteiger partial charge on any atom is -0.462 e. The molecule has 0 saturated heterocycles. The first-order valence-corrected chi connectivity index (χ1v) is 6.53. The predicted octanol–water partition coefficient (Wildman–Crippen LogP) is 0.296. The van der Waals surface area contributed by atoms with E-state index in [1.807, 2.05) is 6.92 Å². The van der Waals surface area contributed by atoms with Crippen molar-refractivity contribution in [2.24, 2.45) is 0 Å². The van der Waals surface area contributed by atoms with Gasteiger partial charge in [-0.3, -0.25) is 4.79 Å². The van der Waals surface area contributed by atoms with Gasteiger partial charge in [-0.05, 0) is 13.3 Å². The summed E-state index contributed by atoms with van der Waals surface area (Å²) in [6, 6.07) is 0. The Hall–Kier alpha value is -2.15. The third kappa shape index (κ3) is 2.32. The molecule has 2 rings (SSSR count). The van der Waals surface area contributed by atoms with Gasteiger partial charge < -0.3 is 14.8 Å². The number of H-pyrrole nitrogens is 1. The van der Waals surface area contributed by atoms with Crippen LogP contribution < -0.4 is 5.56 Å². The lowest BCUT2D eigenvalue weighted by atomic mass is 10.1. The van der Waals surface area contributed by atoms with Crippen LogP contribution in [-0.2, 0) is 17.6 Å². The van der Waals surface area contributed by atoms with E-state index in [0.717, 1.165) is 4.52 Å². The molecule has 0 aliphatic rings. The van der Waals surface area contributed by atoms with Crippen LogP contribution in [0.4, 0.5) is 0 Å². The SMILES string of the molecule is CCOC(=O)c1cnn2c(=O)c(CCO)c(CC)[nH]c12. The zero-order valence-electron chi connectivity index (χ0n) is 11.5. The summed E-state index contributed by atoms with van der Waals surface area (Å²) in [7, 11) is 0. The van der Waals surface area contributed by atoms with Crippen molar-refractivity contribution < 1.29 is 14.6 Å². The number of hydrogen-bond donors (Lipinski definition) is 2. The highest BCUT2D eigenvalue weighted by atomic mass is 16.5. The Morgan fingerprint density at radius 1 is 1.50 bits per heavy atom. The van der Waals surface area contributed by atoms with E-state index < -0.39 is 5.97 Å². The Morgan fingerprint density at radius 3 is 2.85 bits per heavy atom. The van der Waals surface area contributed by atoms with Crippen LogP contribution in [0.1, 0.15) is 35.5 Å². The van der Waals surface area contributed by atoms with E-state index in [-0.39, 0.29) is 30.8 Å². The monoisotopic (exact) mass is 279 g/mol. The van der Waals surface area contributed by atoms with Crippen LogP contribution in [0.5, 0.6) is 0 Å². The molecular formula is C13H17N3O4. The molecule has 0 radical (unpaired) electrons. The molecule has 108 valence electrons. The summed E-state index contributed by atoms with van der Waals surface area (Å²) in [5.41, 5.74) is 1.42. The molecule has 0 bridgehead atoms. The first kappa shape index (κ1) is 14.3. The molecule has 2 heterocycles. The molecule has 2 aromatic heterocycles. The topological polar surface area (TPSA) is 96.7 Å². The van der Waals surface area contributed by atoms with Gasteiger partial charge in [-0.1, -0.05) is 6.92 Å². The lowest BCUT2D eigenvalue weighted by Crippen LogP contribution is -2.24. The molecule has 2 aromatic rings. The highest BCUT2D eigenvalue weighted by Crippen LogP contribution is 2.11. The van der Waals surface area contributed by atoms with Gasteiger partial charge >= 0.3 is 5.97 Å². The number of aryl methyl sites for hydroxylation is 1. The molecule has 0 spiro atoms. The molecule has 0 aliphatic carbocycles. The van der Waals surface area contributed by atoms with Crippen LogP contribution in [-0.4, -0.2) is 38.9 Å². The number of esters is 1. The second kappa shape index (κ2) is 5.87.